The van der Waals surface area contributed by atoms with E-state index in [1.165, 1.54) is 12.8 Å². The summed E-state index contributed by atoms with van der Waals surface area (Å²) in [5.41, 5.74) is 0. The minimum atomic E-state index is -1.05. The van der Waals surface area contributed by atoms with Crippen LogP contribution in [0.2, 0.25) is 0 Å². The SMILES string of the molecule is CCCCCCCC([O-])=NCC(=O)O.[Na+]. The van der Waals surface area contributed by atoms with Gasteiger partial charge in [-0.3, -0.25) is 9.79 Å². The number of aliphatic carboxylic acids is 1. The van der Waals surface area contributed by atoms with Gasteiger partial charge in [-0.2, -0.15) is 0 Å². The molecular weight excluding hydrogens is 205 g/mol. The van der Waals surface area contributed by atoms with Gasteiger partial charge < -0.3 is 10.2 Å². The van der Waals surface area contributed by atoms with Gasteiger partial charge in [-0.05, 0) is 18.7 Å². The summed E-state index contributed by atoms with van der Waals surface area (Å²) in [6, 6.07) is 0. The molecule has 0 aromatic rings. The summed E-state index contributed by atoms with van der Waals surface area (Å²) in [6.45, 7) is 1.74. The van der Waals surface area contributed by atoms with Crippen LogP contribution in [0.1, 0.15) is 45.4 Å². The summed E-state index contributed by atoms with van der Waals surface area (Å²) in [5, 5.41) is 19.2. The van der Waals surface area contributed by atoms with Crippen LogP contribution in [0, 0.1) is 0 Å². The Morgan fingerprint density at radius 1 is 1.27 bits per heavy atom. The molecule has 0 bridgehead atoms. The summed E-state index contributed by atoms with van der Waals surface area (Å²) in [6.07, 6.45) is 5.75. The van der Waals surface area contributed by atoms with E-state index >= 15 is 0 Å². The monoisotopic (exact) mass is 223 g/mol. The number of hydrogen-bond donors (Lipinski definition) is 1. The molecule has 0 saturated heterocycles. The van der Waals surface area contributed by atoms with Crippen molar-refractivity contribution < 1.29 is 44.6 Å². The Hall–Kier alpha value is -0.0600. The second-order valence-corrected chi connectivity index (χ2v) is 3.27. The fraction of sp³-hybridized carbons (Fsp3) is 0.800. The zero-order valence-electron chi connectivity index (χ0n) is 9.66. The second-order valence-electron chi connectivity index (χ2n) is 3.27. The van der Waals surface area contributed by atoms with E-state index in [1.54, 1.807) is 0 Å². The molecular formula is C10H18NNaO3. The van der Waals surface area contributed by atoms with Crippen LogP contribution in [0.5, 0.6) is 0 Å². The summed E-state index contributed by atoms with van der Waals surface area (Å²) >= 11 is 0. The Morgan fingerprint density at radius 3 is 2.40 bits per heavy atom. The number of aliphatic imine (C=N–C) groups is 1. The molecule has 1 N–H and O–H groups in total. The molecule has 4 nitrogen and oxygen atoms in total. The standard InChI is InChI=1S/C10H19NO3.Na/c1-2-3-4-5-6-7-9(12)11-8-10(13)14;/h2-8H2,1H3,(H,11,12)(H,13,14);/q;+1/p-1. The van der Waals surface area contributed by atoms with Crippen LogP contribution >= 0.6 is 0 Å². The van der Waals surface area contributed by atoms with Gasteiger partial charge in [0.1, 0.15) is 6.54 Å². The maximum atomic E-state index is 11.0. The molecule has 0 rings (SSSR count). The summed E-state index contributed by atoms with van der Waals surface area (Å²) in [7, 11) is 0. The Balaban J connectivity index is 0. The van der Waals surface area contributed by atoms with Gasteiger partial charge >= 0.3 is 35.5 Å². The number of hydrogen-bond acceptors (Lipinski definition) is 3. The number of carbonyl (C=O) groups is 1. The molecule has 0 aromatic carbocycles. The molecule has 0 fully saturated rings. The molecule has 0 radical (unpaired) electrons. The van der Waals surface area contributed by atoms with Crippen LogP contribution in [-0.4, -0.2) is 23.5 Å². The van der Waals surface area contributed by atoms with E-state index < -0.39 is 12.5 Å². The third-order valence-corrected chi connectivity index (χ3v) is 1.88. The summed E-state index contributed by atoms with van der Waals surface area (Å²) in [4.78, 5) is 13.5. The zero-order valence-corrected chi connectivity index (χ0v) is 11.7. The molecule has 15 heavy (non-hydrogen) atoms. The normalized spacial score (nSPS) is 10.9. The van der Waals surface area contributed by atoms with Crippen LogP contribution in [0.3, 0.4) is 0 Å². The Kier molecular flexibility index (Phi) is 13.9. The molecule has 0 aliphatic carbocycles. The van der Waals surface area contributed by atoms with Crippen molar-refractivity contribution >= 4 is 11.9 Å². The maximum Gasteiger partial charge on any atom is 1.00 e. The fourth-order valence-corrected chi connectivity index (χ4v) is 1.11. The van der Waals surface area contributed by atoms with Gasteiger partial charge in [-0.1, -0.05) is 32.6 Å². The predicted molar refractivity (Wildman–Crippen MR) is 53.3 cm³/mol. The number of nitrogens with zero attached hydrogens (tertiary/aromatic N) is 1. The number of rotatable bonds is 8. The van der Waals surface area contributed by atoms with Crippen molar-refractivity contribution in [1.82, 2.24) is 0 Å². The third kappa shape index (κ3) is 13.9. The maximum absolute atomic E-state index is 11.0. The molecule has 5 heteroatoms. The number of carboxylic acids is 1. The van der Waals surface area contributed by atoms with E-state index in [1.807, 2.05) is 0 Å². The van der Waals surface area contributed by atoms with Gasteiger partial charge in [0.05, 0.1) is 0 Å². The zero-order chi connectivity index (χ0) is 10.8. The van der Waals surface area contributed by atoms with Crippen LogP contribution in [0.25, 0.3) is 0 Å². The molecule has 0 spiro atoms. The smallest absolute Gasteiger partial charge is 0.862 e. The largest absolute Gasteiger partial charge is 1.00 e. The van der Waals surface area contributed by atoms with E-state index in [0.717, 1.165) is 19.3 Å². The topological polar surface area (TPSA) is 72.7 Å². The number of unbranched alkanes of at least 4 members (excludes halogenated alkanes) is 4. The van der Waals surface area contributed by atoms with Gasteiger partial charge in [0.25, 0.3) is 0 Å². The number of carboxylic acid groups (broad SMARTS) is 1. The van der Waals surface area contributed by atoms with E-state index in [-0.39, 0.29) is 35.5 Å². The molecule has 0 unspecified atom stereocenters. The first-order valence-electron chi connectivity index (χ1n) is 5.09. The van der Waals surface area contributed by atoms with E-state index in [4.69, 9.17) is 5.11 Å². The minimum absolute atomic E-state index is 0. The Morgan fingerprint density at radius 2 is 1.87 bits per heavy atom. The molecule has 82 valence electrons. The van der Waals surface area contributed by atoms with Crippen molar-refractivity contribution in [2.24, 2.45) is 4.99 Å². The molecule has 0 heterocycles. The van der Waals surface area contributed by atoms with E-state index in [9.17, 15) is 9.90 Å². The third-order valence-electron chi connectivity index (χ3n) is 1.88. The average Bonchev–Trinajstić information content (AvgIpc) is 2.14. The van der Waals surface area contributed by atoms with Crippen molar-refractivity contribution in [2.45, 2.75) is 45.4 Å². The van der Waals surface area contributed by atoms with Crippen LogP contribution in [0.15, 0.2) is 4.99 Å². The van der Waals surface area contributed by atoms with Gasteiger partial charge in [0.15, 0.2) is 0 Å². The van der Waals surface area contributed by atoms with Gasteiger partial charge in [-0.25, -0.2) is 0 Å². The van der Waals surface area contributed by atoms with Gasteiger partial charge in [-0.15, -0.1) is 0 Å². The van der Waals surface area contributed by atoms with Crippen molar-refractivity contribution in [1.29, 1.82) is 0 Å². The molecule has 0 saturated carbocycles. The Labute approximate surface area is 113 Å². The molecule has 0 aliphatic heterocycles. The first-order chi connectivity index (χ1) is 6.66. The van der Waals surface area contributed by atoms with Crippen LogP contribution in [0.4, 0.5) is 0 Å². The Bertz CT molecular complexity index is 195. The van der Waals surface area contributed by atoms with E-state index in [0.29, 0.717) is 6.42 Å². The van der Waals surface area contributed by atoms with Crippen molar-refractivity contribution in [2.75, 3.05) is 6.54 Å². The first-order valence-corrected chi connectivity index (χ1v) is 5.09. The molecule has 0 aliphatic rings. The van der Waals surface area contributed by atoms with Crippen molar-refractivity contribution in [3.8, 4) is 0 Å². The molecule has 0 aromatic heterocycles. The molecule has 0 atom stereocenters. The van der Waals surface area contributed by atoms with E-state index in [2.05, 4.69) is 11.9 Å². The summed E-state index contributed by atoms with van der Waals surface area (Å²) < 4.78 is 0. The molecule has 0 amide bonds. The minimum Gasteiger partial charge on any atom is -0.862 e. The average molecular weight is 223 g/mol. The predicted octanol–water partition coefficient (Wildman–Crippen LogP) is -1.81. The van der Waals surface area contributed by atoms with Crippen molar-refractivity contribution in [3.63, 3.8) is 0 Å². The van der Waals surface area contributed by atoms with Crippen molar-refractivity contribution in [3.05, 3.63) is 0 Å². The second kappa shape index (κ2) is 12.0. The van der Waals surface area contributed by atoms with Gasteiger partial charge in [0, 0.05) is 0 Å². The quantitative estimate of drug-likeness (QED) is 0.228. The van der Waals surface area contributed by atoms with Crippen LogP contribution < -0.4 is 34.7 Å². The fourth-order valence-electron chi connectivity index (χ4n) is 1.11. The first kappa shape index (κ1) is 17.3. The summed E-state index contributed by atoms with van der Waals surface area (Å²) in [5.74, 6) is -1.34. The van der Waals surface area contributed by atoms with Gasteiger partial charge in [0.2, 0.25) is 0 Å². The van der Waals surface area contributed by atoms with Crippen LogP contribution in [-0.2, 0) is 4.79 Å².